The highest BCUT2D eigenvalue weighted by Crippen LogP contribution is 2.41. The fourth-order valence-corrected chi connectivity index (χ4v) is 9.71. The number of anilines is 1. The number of amides is 4. The molecule has 4 amide bonds. The van der Waals surface area contributed by atoms with E-state index in [1.165, 1.54) is 30.3 Å². The van der Waals surface area contributed by atoms with Gasteiger partial charge in [0.25, 0.3) is 11.8 Å². The molecule has 0 fully saturated rings. The molecule has 8 rings (SSSR count). The summed E-state index contributed by atoms with van der Waals surface area (Å²) in [6.45, 7) is 17.1. The number of ketones is 2. The van der Waals surface area contributed by atoms with E-state index in [1.807, 2.05) is 70.2 Å². The van der Waals surface area contributed by atoms with Gasteiger partial charge in [0.1, 0.15) is 0 Å². The van der Waals surface area contributed by atoms with Gasteiger partial charge >= 0.3 is 0 Å². The van der Waals surface area contributed by atoms with Gasteiger partial charge in [-0.25, -0.2) is 18.4 Å². The number of carbonyl (C=O) groups is 6. The molecule has 2 aliphatic carbocycles. The minimum atomic E-state index is -3.42. The van der Waals surface area contributed by atoms with E-state index in [0.717, 1.165) is 36.2 Å². The van der Waals surface area contributed by atoms with Gasteiger partial charge in [0, 0.05) is 71.0 Å². The van der Waals surface area contributed by atoms with Crippen LogP contribution in [0.5, 0.6) is 0 Å². The first-order valence-electron chi connectivity index (χ1n) is 23.3. The van der Waals surface area contributed by atoms with Crippen LogP contribution < -0.4 is 26.2 Å². The SMILES string of the molecule is CCN(CC)c1ccc(N=C2C=C(NC(=O)c3ccc(C)cc3)C(=O)C3=C2NC(=O)CC3(C)C)cc1.Cc1ccc(N=C2C=C(NC(=O)c3ccc(S(C)(=O)=O)cc3)C(=O)C3=C2NC(=O)CC3(C)C)c(Cl)c1. The molecule has 2 heterocycles. The maximum atomic E-state index is 13.5. The number of nitrogens with zero attached hydrogens (tertiary/aromatic N) is 3. The number of aryl methyl sites for hydroxylation is 2. The van der Waals surface area contributed by atoms with Crippen LogP contribution in [-0.2, 0) is 29.0 Å². The molecule has 4 aliphatic rings. The number of allylic oxidation sites excluding steroid dienone is 4. The van der Waals surface area contributed by atoms with Gasteiger partial charge in [0.05, 0.1) is 55.5 Å². The van der Waals surface area contributed by atoms with Gasteiger partial charge in [-0.1, -0.05) is 63.1 Å². The maximum absolute atomic E-state index is 13.5. The van der Waals surface area contributed by atoms with Gasteiger partial charge < -0.3 is 26.2 Å². The Morgan fingerprint density at radius 3 is 1.54 bits per heavy atom. The van der Waals surface area contributed by atoms with E-state index in [4.69, 9.17) is 16.6 Å². The molecule has 72 heavy (non-hydrogen) atoms. The highest BCUT2D eigenvalue weighted by molar-refractivity contribution is 7.90. The summed E-state index contributed by atoms with van der Waals surface area (Å²) in [4.78, 5) is 89.5. The normalized spacial score (nSPS) is 18.2. The zero-order valence-electron chi connectivity index (χ0n) is 41.5. The van der Waals surface area contributed by atoms with E-state index in [0.29, 0.717) is 44.5 Å². The van der Waals surface area contributed by atoms with Crippen LogP contribution in [-0.4, -0.2) is 74.4 Å². The summed E-state index contributed by atoms with van der Waals surface area (Å²) >= 11 is 6.37. The molecule has 0 unspecified atom stereocenters. The molecule has 4 aromatic carbocycles. The van der Waals surface area contributed by atoms with Crippen molar-refractivity contribution in [2.75, 3.05) is 24.2 Å². The molecular formula is C55H56ClN7O8S. The smallest absolute Gasteiger partial charge is 0.255 e. The van der Waals surface area contributed by atoms with Gasteiger partial charge in [0.15, 0.2) is 9.84 Å². The van der Waals surface area contributed by atoms with Gasteiger partial charge in [0.2, 0.25) is 23.4 Å². The third-order valence-corrected chi connectivity index (χ3v) is 14.0. The summed E-state index contributed by atoms with van der Waals surface area (Å²) in [6, 6.07) is 25.7. The molecule has 0 atom stereocenters. The molecule has 4 N–H and O–H groups in total. The Labute approximate surface area is 424 Å². The summed E-state index contributed by atoms with van der Waals surface area (Å²) in [5, 5.41) is 11.4. The van der Waals surface area contributed by atoms with Gasteiger partial charge in [-0.05, 0) is 118 Å². The van der Waals surface area contributed by atoms with Crippen molar-refractivity contribution in [2.24, 2.45) is 20.8 Å². The van der Waals surface area contributed by atoms with Crippen molar-refractivity contribution in [3.8, 4) is 0 Å². The van der Waals surface area contributed by atoms with E-state index in [1.54, 1.807) is 44.2 Å². The van der Waals surface area contributed by atoms with Crippen LogP contribution in [0, 0.1) is 24.7 Å². The van der Waals surface area contributed by atoms with E-state index in [-0.39, 0.29) is 69.6 Å². The molecule has 15 nitrogen and oxygen atoms in total. The zero-order chi connectivity index (χ0) is 52.4. The lowest BCUT2D eigenvalue weighted by atomic mass is 9.72. The predicted molar refractivity (Wildman–Crippen MR) is 279 cm³/mol. The zero-order valence-corrected chi connectivity index (χ0v) is 43.1. The Balaban J connectivity index is 0.000000211. The van der Waals surface area contributed by atoms with Crippen molar-refractivity contribution >= 4 is 85.1 Å². The Bertz CT molecular complexity index is 3250. The number of benzene rings is 4. The topological polar surface area (TPSA) is 213 Å². The number of nitrogens with one attached hydrogen (secondary N) is 4. The Morgan fingerprint density at radius 2 is 1.10 bits per heavy atom. The number of hydrogen-bond acceptors (Lipinski definition) is 11. The molecule has 0 bridgehead atoms. The number of sulfone groups is 1. The average molecular weight is 1010 g/mol. The third-order valence-electron chi connectivity index (χ3n) is 12.5. The Morgan fingerprint density at radius 1 is 0.653 bits per heavy atom. The van der Waals surface area contributed by atoms with Crippen LogP contribution in [0.2, 0.25) is 5.02 Å². The number of hydrogen-bond donors (Lipinski definition) is 4. The average Bonchev–Trinajstić information content (AvgIpc) is 3.30. The van der Waals surface area contributed by atoms with E-state index in [2.05, 4.69) is 45.0 Å². The number of Topliss-reactive ketones (excluding diaryl/α,β-unsaturated/α-hetero) is 2. The van der Waals surface area contributed by atoms with Crippen LogP contribution in [0.4, 0.5) is 17.1 Å². The Hall–Kier alpha value is -7.56. The van der Waals surface area contributed by atoms with Crippen molar-refractivity contribution in [1.29, 1.82) is 0 Å². The third kappa shape index (κ3) is 11.5. The monoisotopic (exact) mass is 1010 g/mol. The van der Waals surface area contributed by atoms with Crippen LogP contribution in [0.15, 0.2) is 152 Å². The summed E-state index contributed by atoms with van der Waals surface area (Å²) in [5.41, 5.74) is 5.60. The number of aliphatic imine (C=N–C) groups is 2. The van der Waals surface area contributed by atoms with Crippen molar-refractivity contribution in [3.63, 3.8) is 0 Å². The highest BCUT2D eigenvalue weighted by atomic mass is 35.5. The minimum absolute atomic E-state index is 0.0165. The fourth-order valence-electron chi connectivity index (χ4n) is 8.80. The number of halogens is 1. The Kier molecular flexibility index (Phi) is 15.0. The maximum Gasteiger partial charge on any atom is 0.255 e. The van der Waals surface area contributed by atoms with Crippen molar-refractivity contribution in [1.82, 2.24) is 21.3 Å². The van der Waals surface area contributed by atoms with Crippen molar-refractivity contribution < 1.29 is 37.2 Å². The fraction of sp³-hybridized carbons (Fsp3) is 0.273. The van der Waals surface area contributed by atoms with Crippen LogP contribution in [0.1, 0.15) is 86.2 Å². The summed E-state index contributed by atoms with van der Waals surface area (Å²) in [7, 11) is -3.42. The molecule has 372 valence electrons. The molecule has 0 aromatic heterocycles. The number of rotatable bonds is 10. The standard InChI is InChI=1S/C29H32N4O3.C26H24ClN3O5S/c1-6-33(7-2)21-14-12-20(13-15-21)30-22-16-23(31-28(36)19-10-8-18(3)9-11-19)27(35)25-26(22)32-24(34)17-29(25,4)5;1-14-5-10-18(17(27)11-14)28-19-12-20(24(32)22-23(19)30-21(31)13-26(22,2)3)29-25(33)15-6-8-16(9-7-15)36(4,34)35/h8-16H,6-7,17H2,1-5H3,(H,31,36)(H,32,34);5-12H,13H2,1-4H3,(H,29,33)(H,30,31). The second-order valence-electron chi connectivity index (χ2n) is 19.2. The second kappa shape index (κ2) is 20.7. The summed E-state index contributed by atoms with van der Waals surface area (Å²) < 4.78 is 23.4. The molecular weight excluding hydrogens is 954 g/mol. The quantitative estimate of drug-likeness (QED) is 0.112. The lowest BCUT2D eigenvalue weighted by Crippen LogP contribution is -2.46. The summed E-state index contributed by atoms with van der Waals surface area (Å²) in [5.74, 6) is -2.14. The lowest BCUT2D eigenvalue weighted by Gasteiger charge is -2.36. The molecule has 4 aromatic rings. The molecule has 0 saturated carbocycles. The minimum Gasteiger partial charge on any atom is -0.372 e. The van der Waals surface area contributed by atoms with Crippen LogP contribution in [0.25, 0.3) is 0 Å². The molecule has 0 spiro atoms. The van der Waals surface area contributed by atoms with E-state index in [9.17, 15) is 37.2 Å². The second-order valence-corrected chi connectivity index (χ2v) is 21.6. The molecule has 2 aliphatic heterocycles. The molecule has 17 heteroatoms. The first-order valence-corrected chi connectivity index (χ1v) is 25.6. The van der Waals surface area contributed by atoms with E-state index < -0.39 is 32.4 Å². The van der Waals surface area contributed by atoms with Crippen LogP contribution in [0.3, 0.4) is 0 Å². The summed E-state index contributed by atoms with van der Waals surface area (Å²) in [6.07, 6.45) is 4.28. The predicted octanol–water partition coefficient (Wildman–Crippen LogP) is 8.43. The van der Waals surface area contributed by atoms with E-state index >= 15 is 0 Å². The molecule has 0 radical (unpaired) electrons. The highest BCUT2D eigenvalue weighted by Gasteiger charge is 2.44. The molecule has 0 saturated heterocycles. The van der Waals surface area contributed by atoms with Crippen molar-refractivity contribution in [3.05, 3.63) is 164 Å². The van der Waals surface area contributed by atoms with Crippen LogP contribution >= 0.6 is 11.6 Å². The van der Waals surface area contributed by atoms with Crippen molar-refractivity contribution in [2.45, 2.75) is 73.1 Å². The van der Waals surface area contributed by atoms with Gasteiger partial charge in [-0.2, -0.15) is 0 Å². The van der Waals surface area contributed by atoms with Gasteiger partial charge in [-0.3, -0.25) is 28.8 Å². The number of carbonyl (C=O) groups excluding carboxylic acids is 6. The first-order chi connectivity index (χ1) is 33.9. The first kappa shape index (κ1) is 52.3. The lowest BCUT2D eigenvalue weighted by molar-refractivity contribution is -0.124. The van der Waals surface area contributed by atoms with Gasteiger partial charge in [-0.15, -0.1) is 0 Å². The largest absolute Gasteiger partial charge is 0.372 e.